The van der Waals surface area contributed by atoms with E-state index in [0.29, 0.717) is 41.2 Å². The number of amides is 1. The lowest BCUT2D eigenvalue weighted by Crippen LogP contribution is -2.39. The highest BCUT2D eigenvalue weighted by molar-refractivity contribution is 5.94. The Hall–Kier alpha value is -3.28. The van der Waals surface area contributed by atoms with Gasteiger partial charge in [-0.25, -0.2) is 9.37 Å². The molecule has 5 nitrogen and oxygen atoms in total. The van der Waals surface area contributed by atoms with Gasteiger partial charge in [0.2, 0.25) is 0 Å². The van der Waals surface area contributed by atoms with Gasteiger partial charge in [-0.2, -0.15) is 0 Å². The number of halogens is 1. The van der Waals surface area contributed by atoms with Crippen molar-refractivity contribution in [2.24, 2.45) is 0 Å². The Morgan fingerprint density at radius 1 is 1.11 bits per heavy atom. The van der Waals surface area contributed by atoms with Crippen LogP contribution >= 0.6 is 0 Å². The maximum absolute atomic E-state index is 13.1. The van der Waals surface area contributed by atoms with E-state index in [2.05, 4.69) is 9.97 Å². The van der Waals surface area contributed by atoms with Crippen LogP contribution in [0.1, 0.15) is 27.2 Å². The molecule has 2 aromatic carbocycles. The fraction of sp³-hybridized carbons (Fsp3) is 0.190. The second-order valence-corrected chi connectivity index (χ2v) is 6.69. The van der Waals surface area contributed by atoms with Crippen molar-refractivity contribution in [3.63, 3.8) is 0 Å². The molecule has 1 aliphatic heterocycles. The van der Waals surface area contributed by atoms with Crippen molar-refractivity contribution >= 4 is 5.91 Å². The maximum Gasteiger partial charge on any atom is 0.256 e. The second-order valence-electron chi connectivity index (χ2n) is 6.69. The van der Waals surface area contributed by atoms with Gasteiger partial charge < -0.3 is 9.88 Å². The zero-order valence-electron chi connectivity index (χ0n) is 14.8. The number of aryl methyl sites for hydroxylation is 1. The molecule has 2 heterocycles. The molecule has 0 unspecified atom stereocenters. The smallest absolute Gasteiger partial charge is 0.256 e. The largest absolute Gasteiger partial charge is 0.334 e. The molecule has 1 amide bonds. The number of carbonyl (C=O) groups excluding carboxylic acids is 1. The maximum atomic E-state index is 13.1. The van der Waals surface area contributed by atoms with Gasteiger partial charge in [0.25, 0.3) is 11.5 Å². The molecule has 136 valence electrons. The Labute approximate surface area is 155 Å². The van der Waals surface area contributed by atoms with E-state index in [9.17, 15) is 14.0 Å². The fourth-order valence-electron chi connectivity index (χ4n) is 3.22. The summed E-state index contributed by atoms with van der Waals surface area (Å²) in [7, 11) is 0. The van der Waals surface area contributed by atoms with Crippen LogP contribution in [-0.4, -0.2) is 27.3 Å². The second kappa shape index (κ2) is 6.79. The van der Waals surface area contributed by atoms with Crippen LogP contribution in [-0.2, 0) is 13.0 Å². The van der Waals surface area contributed by atoms with Crippen LogP contribution in [0.3, 0.4) is 0 Å². The van der Waals surface area contributed by atoms with Crippen LogP contribution in [0.2, 0.25) is 0 Å². The molecule has 1 aromatic heterocycles. The molecule has 0 spiro atoms. The molecule has 0 saturated carbocycles. The van der Waals surface area contributed by atoms with Gasteiger partial charge >= 0.3 is 0 Å². The van der Waals surface area contributed by atoms with E-state index in [4.69, 9.17) is 0 Å². The average molecular weight is 363 g/mol. The van der Waals surface area contributed by atoms with Gasteiger partial charge in [0.05, 0.1) is 17.8 Å². The zero-order valence-corrected chi connectivity index (χ0v) is 14.8. The van der Waals surface area contributed by atoms with Crippen molar-refractivity contribution in [3.05, 3.63) is 87.1 Å². The molecule has 0 radical (unpaired) electrons. The monoisotopic (exact) mass is 363 g/mol. The zero-order chi connectivity index (χ0) is 19.0. The first-order chi connectivity index (χ1) is 13.0. The molecule has 4 rings (SSSR count). The molecule has 0 saturated heterocycles. The number of rotatable bonds is 2. The predicted octanol–water partition coefficient (Wildman–Crippen LogP) is 3.08. The van der Waals surface area contributed by atoms with Crippen LogP contribution < -0.4 is 5.56 Å². The number of hydrogen-bond donors (Lipinski definition) is 1. The van der Waals surface area contributed by atoms with Crippen LogP contribution in [0, 0.1) is 12.7 Å². The molecule has 3 aromatic rings. The number of aromatic nitrogens is 2. The normalized spacial score (nSPS) is 13.3. The lowest BCUT2D eigenvalue weighted by molar-refractivity contribution is 0.0732. The summed E-state index contributed by atoms with van der Waals surface area (Å²) in [6.07, 6.45) is 0.505. The first kappa shape index (κ1) is 17.1. The van der Waals surface area contributed by atoms with Crippen LogP contribution in [0.5, 0.6) is 0 Å². The van der Waals surface area contributed by atoms with E-state index in [1.165, 1.54) is 12.1 Å². The number of carbonyl (C=O) groups is 1. The highest BCUT2D eigenvalue weighted by Crippen LogP contribution is 2.20. The third-order valence-corrected chi connectivity index (χ3v) is 4.77. The summed E-state index contributed by atoms with van der Waals surface area (Å²) in [6, 6.07) is 13.2. The van der Waals surface area contributed by atoms with Crippen molar-refractivity contribution in [2.75, 3.05) is 6.54 Å². The van der Waals surface area contributed by atoms with E-state index in [1.54, 1.807) is 29.2 Å². The Morgan fingerprint density at radius 2 is 1.81 bits per heavy atom. The number of benzene rings is 2. The Morgan fingerprint density at radius 3 is 2.52 bits per heavy atom. The van der Waals surface area contributed by atoms with Gasteiger partial charge in [-0.05, 0) is 43.3 Å². The van der Waals surface area contributed by atoms with Crippen LogP contribution in [0.25, 0.3) is 11.4 Å². The van der Waals surface area contributed by atoms with E-state index in [-0.39, 0.29) is 23.8 Å². The van der Waals surface area contributed by atoms with E-state index >= 15 is 0 Å². The summed E-state index contributed by atoms with van der Waals surface area (Å²) >= 11 is 0. The SMILES string of the molecule is Cc1ccc(C(=O)N2CCc3nc(-c4ccc(F)cc4)[nH]c(=O)c3C2)cc1. The standard InChI is InChI=1S/C21H18FN3O2/c1-13-2-4-15(5-3-13)21(27)25-11-10-18-17(12-25)20(26)24-19(23-18)14-6-8-16(22)9-7-14/h2-9H,10-12H2,1H3,(H,23,24,26). The van der Waals surface area contributed by atoms with E-state index in [1.807, 2.05) is 19.1 Å². The highest BCUT2D eigenvalue weighted by atomic mass is 19.1. The lowest BCUT2D eigenvalue weighted by Gasteiger charge is -2.28. The van der Waals surface area contributed by atoms with Crippen LogP contribution in [0.4, 0.5) is 4.39 Å². The Bertz CT molecular complexity index is 1060. The predicted molar refractivity (Wildman–Crippen MR) is 99.9 cm³/mol. The first-order valence-electron chi connectivity index (χ1n) is 8.75. The van der Waals surface area contributed by atoms with Crippen molar-refractivity contribution in [1.82, 2.24) is 14.9 Å². The summed E-state index contributed by atoms with van der Waals surface area (Å²) in [5.41, 5.74) is 3.27. The van der Waals surface area contributed by atoms with Crippen LogP contribution in [0.15, 0.2) is 53.3 Å². The molecular formula is C21H18FN3O2. The van der Waals surface area contributed by atoms with E-state index < -0.39 is 0 Å². The van der Waals surface area contributed by atoms with Crippen molar-refractivity contribution < 1.29 is 9.18 Å². The van der Waals surface area contributed by atoms with Crippen molar-refractivity contribution in [2.45, 2.75) is 19.9 Å². The van der Waals surface area contributed by atoms with Gasteiger partial charge in [-0.15, -0.1) is 0 Å². The van der Waals surface area contributed by atoms with E-state index in [0.717, 1.165) is 5.56 Å². The summed E-state index contributed by atoms with van der Waals surface area (Å²) in [5, 5.41) is 0. The number of fused-ring (bicyclic) bond motifs is 1. The quantitative estimate of drug-likeness (QED) is 0.761. The lowest BCUT2D eigenvalue weighted by atomic mass is 10.0. The van der Waals surface area contributed by atoms with Gasteiger partial charge in [-0.1, -0.05) is 17.7 Å². The third kappa shape index (κ3) is 3.38. The minimum absolute atomic E-state index is 0.0948. The highest BCUT2D eigenvalue weighted by Gasteiger charge is 2.25. The minimum atomic E-state index is -0.343. The summed E-state index contributed by atoms with van der Waals surface area (Å²) < 4.78 is 13.1. The first-order valence-corrected chi connectivity index (χ1v) is 8.75. The van der Waals surface area contributed by atoms with Gasteiger partial charge in [0.1, 0.15) is 11.6 Å². The van der Waals surface area contributed by atoms with Gasteiger partial charge in [0.15, 0.2) is 0 Å². The summed E-state index contributed by atoms with van der Waals surface area (Å²) in [4.78, 5) is 34.2. The number of nitrogens with zero attached hydrogens (tertiary/aromatic N) is 2. The van der Waals surface area contributed by atoms with Gasteiger partial charge in [-0.3, -0.25) is 9.59 Å². The molecule has 27 heavy (non-hydrogen) atoms. The molecule has 0 fully saturated rings. The molecule has 6 heteroatoms. The number of hydrogen-bond acceptors (Lipinski definition) is 3. The molecule has 0 aliphatic carbocycles. The Balaban J connectivity index is 1.61. The van der Waals surface area contributed by atoms with Crippen molar-refractivity contribution in [3.8, 4) is 11.4 Å². The third-order valence-electron chi connectivity index (χ3n) is 4.77. The Kier molecular flexibility index (Phi) is 4.32. The molecule has 0 atom stereocenters. The van der Waals surface area contributed by atoms with Crippen molar-refractivity contribution in [1.29, 1.82) is 0 Å². The topological polar surface area (TPSA) is 66.1 Å². The number of nitrogens with one attached hydrogen (secondary N) is 1. The average Bonchev–Trinajstić information content (AvgIpc) is 2.68. The van der Waals surface area contributed by atoms with Gasteiger partial charge in [0, 0.05) is 24.1 Å². The number of H-pyrrole nitrogens is 1. The molecule has 1 aliphatic rings. The summed E-state index contributed by atoms with van der Waals surface area (Å²) in [5.74, 6) is -0.0240. The molecular weight excluding hydrogens is 345 g/mol. The minimum Gasteiger partial charge on any atom is -0.334 e. The molecule has 1 N–H and O–H groups in total. The number of aromatic amines is 1. The molecule has 0 bridgehead atoms. The summed E-state index contributed by atoms with van der Waals surface area (Å²) in [6.45, 7) is 2.70. The fourth-order valence-corrected chi connectivity index (χ4v) is 3.22.